The quantitative estimate of drug-likeness (QED) is 0.625. The SMILES string of the molecule is C=N/C=C(\C=NC)c1ccccc1. The van der Waals surface area contributed by atoms with Crippen molar-refractivity contribution in [3.8, 4) is 0 Å². The van der Waals surface area contributed by atoms with E-state index in [1.54, 1.807) is 19.5 Å². The van der Waals surface area contributed by atoms with Crippen molar-refractivity contribution in [2.24, 2.45) is 9.98 Å². The van der Waals surface area contributed by atoms with E-state index in [0.717, 1.165) is 11.1 Å². The standard InChI is InChI=1S/C11H12N2/c1-12-8-11(9-13-2)10-6-4-3-5-7-10/h3-9H,1H2,2H3/b11-8+,13-9?. The molecule has 66 valence electrons. The average molecular weight is 172 g/mol. The first-order valence-corrected chi connectivity index (χ1v) is 4.02. The molecule has 0 saturated carbocycles. The van der Waals surface area contributed by atoms with Gasteiger partial charge in [0.25, 0.3) is 0 Å². The molecule has 0 spiro atoms. The lowest BCUT2D eigenvalue weighted by Crippen LogP contribution is -1.84. The smallest absolute Gasteiger partial charge is 0.0354 e. The number of hydrogen-bond acceptors (Lipinski definition) is 2. The summed E-state index contributed by atoms with van der Waals surface area (Å²) in [6.45, 7) is 3.42. The predicted molar refractivity (Wildman–Crippen MR) is 58.4 cm³/mol. The van der Waals surface area contributed by atoms with Gasteiger partial charge in [-0.25, -0.2) is 0 Å². The van der Waals surface area contributed by atoms with E-state index in [0.29, 0.717) is 0 Å². The first-order valence-electron chi connectivity index (χ1n) is 4.02. The molecule has 0 aliphatic rings. The number of nitrogens with zero attached hydrogens (tertiary/aromatic N) is 2. The Morgan fingerprint density at radius 2 is 2.00 bits per heavy atom. The minimum Gasteiger partial charge on any atom is -0.296 e. The molecule has 13 heavy (non-hydrogen) atoms. The highest BCUT2D eigenvalue weighted by Crippen LogP contribution is 2.11. The number of rotatable bonds is 3. The van der Waals surface area contributed by atoms with Gasteiger partial charge in [-0.15, -0.1) is 0 Å². The molecule has 0 atom stereocenters. The van der Waals surface area contributed by atoms with Crippen molar-refractivity contribution in [1.29, 1.82) is 0 Å². The van der Waals surface area contributed by atoms with Gasteiger partial charge in [0.05, 0.1) is 0 Å². The Labute approximate surface area is 78.4 Å². The fraction of sp³-hybridized carbons (Fsp3) is 0.0909. The number of allylic oxidation sites excluding steroid dienone is 1. The van der Waals surface area contributed by atoms with Gasteiger partial charge in [-0.05, 0) is 12.3 Å². The Morgan fingerprint density at radius 3 is 2.54 bits per heavy atom. The predicted octanol–water partition coefficient (Wildman–Crippen LogP) is 2.43. The van der Waals surface area contributed by atoms with Crippen LogP contribution in [0.1, 0.15) is 5.56 Å². The molecule has 0 aliphatic heterocycles. The van der Waals surface area contributed by atoms with Crippen LogP contribution in [0.15, 0.2) is 46.5 Å². The molecule has 0 N–H and O–H groups in total. The van der Waals surface area contributed by atoms with E-state index in [1.807, 2.05) is 30.3 Å². The molecule has 0 heterocycles. The Morgan fingerprint density at radius 1 is 1.31 bits per heavy atom. The van der Waals surface area contributed by atoms with Crippen molar-refractivity contribution < 1.29 is 0 Å². The highest BCUT2D eigenvalue weighted by molar-refractivity contribution is 6.09. The monoisotopic (exact) mass is 172 g/mol. The highest BCUT2D eigenvalue weighted by Gasteiger charge is 1.94. The van der Waals surface area contributed by atoms with Gasteiger partial charge in [0.1, 0.15) is 0 Å². The minimum atomic E-state index is 0.970. The summed E-state index contributed by atoms with van der Waals surface area (Å²) in [5.41, 5.74) is 2.07. The Hall–Kier alpha value is -1.70. The van der Waals surface area contributed by atoms with E-state index in [-0.39, 0.29) is 0 Å². The Balaban J connectivity index is 3.03. The molecular weight excluding hydrogens is 160 g/mol. The van der Waals surface area contributed by atoms with Crippen LogP contribution in [0.3, 0.4) is 0 Å². The zero-order chi connectivity index (χ0) is 9.52. The van der Waals surface area contributed by atoms with Gasteiger partial charge >= 0.3 is 0 Å². The minimum absolute atomic E-state index is 0.970. The third-order valence-electron chi connectivity index (χ3n) is 1.61. The molecule has 0 aromatic heterocycles. The van der Waals surface area contributed by atoms with Crippen LogP contribution in [-0.2, 0) is 0 Å². The molecule has 0 fully saturated rings. The van der Waals surface area contributed by atoms with Crippen LogP contribution in [0.5, 0.6) is 0 Å². The van der Waals surface area contributed by atoms with Crippen molar-refractivity contribution in [2.45, 2.75) is 0 Å². The van der Waals surface area contributed by atoms with Crippen molar-refractivity contribution in [2.75, 3.05) is 7.05 Å². The summed E-state index contributed by atoms with van der Waals surface area (Å²) in [4.78, 5) is 7.68. The van der Waals surface area contributed by atoms with Gasteiger partial charge < -0.3 is 0 Å². The molecule has 0 amide bonds. The molecule has 0 aliphatic carbocycles. The molecule has 1 aromatic carbocycles. The van der Waals surface area contributed by atoms with Gasteiger partial charge in [-0.1, -0.05) is 30.3 Å². The Kier molecular flexibility index (Phi) is 3.64. The van der Waals surface area contributed by atoms with Crippen LogP contribution < -0.4 is 0 Å². The largest absolute Gasteiger partial charge is 0.296 e. The van der Waals surface area contributed by atoms with E-state index >= 15 is 0 Å². The first kappa shape index (κ1) is 9.39. The summed E-state index contributed by atoms with van der Waals surface area (Å²) in [6, 6.07) is 9.97. The van der Waals surface area contributed by atoms with E-state index < -0.39 is 0 Å². The van der Waals surface area contributed by atoms with E-state index in [2.05, 4.69) is 16.7 Å². The lowest BCUT2D eigenvalue weighted by atomic mass is 10.1. The van der Waals surface area contributed by atoms with Gasteiger partial charge in [-0.3, -0.25) is 9.98 Å². The lowest BCUT2D eigenvalue weighted by Gasteiger charge is -1.98. The van der Waals surface area contributed by atoms with Crippen LogP contribution in [0.25, 0.3) is 5.57 Å². The normalized spacial score (nSPS) is 11.9. The van der Waals surface area contributed by atoms with E-state index in [4.69, 9.17) is 0 Å². The molecule has 0 radical (unpaired) electrons. The van der Waals surface area contributed by atoms with Crippen LogP contribution in [-0.4, -0.2) is 20.0 Å². The molecule has 1 aromatic rings. The van der Waals surface area contributed by atoms with E-state index in [9.17, 15) is 0 Å². The Bertz CT molecular complexity index is 323. The van der Waals surface area contributed by atoms with Crippen molar-refractivity contribution in [3.05, 3.63) is 42.1 Å². The van der Waals surface area contributed by atoms with Gasteiger partial charge in [-0.2, -0.15) is 0 Å². The van der Waals surface area contributed by atoms with Crippen LogP contribution in [0, 0.1) is 0 Å². The van der Waals surface area contributed by atoms with Crippen LogP contribution >= 0.6 is 0 Å². The van der Waals surface area contributed by atoms with Gasteiger partial charge in [0, 0.05) is 25.0 Å². The summed E-state index contributed by atoms with van der Waals surface area (Å²) in [5.74, 6) is 0. The van der Waals surface area contributed by atoms with E-state index in [1.165, 1.54) is 0 Å². The molecule has 2 nitrogen and oxygen atoms in total. The van der Waals surface area contributed by atoms with Crippen molar-refractivity contribution >= 4 is 18.5 Å². The number of aliphatic imine (C=N–C) groups is 2. The second kappa shape index (κ2) is 5.04. The summed E-state index contributed by atoms with van der Waals surface area (Å²) in [5, 5.41) is 0. The zero-order valence-electron chi connectivity index (χ0n) is 7.64. The third-order valence-corrected chi connectivity index (χ3v) is 1.61. The fourth-order valence-electron chi connectivity index (χ4n) is 1.05. The maximum absolute atomic E-state index is 3.95. The first-order chi connectivity index (χ1) is 6.38. The molecule has 2 heteroatoms. The molecular formula is C11H12N2. The van der Waals surface area contributed by atoms with Crippen molar-refractivity contribution in [3.63, 3.8) is 0 Å². The highest BCUT2D eigenvalue weighted by atomic mass is 14.7. The second-order valence-electron chi connectivity index (χ2n) is 2.52. The molecule has 0 unspecified atom stereocenters. The maximum Gasteiger partial charge on any atom is 0.0354 e. The topological polar surface area (TPSA) is 24.7 Å². The summed E-state index contributed by atoms with van der Waals surface area (Å²) < 4.78 is 0. The summed E-state index contributed by atoms with van der Waals surface area (Å²) in [6.07, 6.45) is 3.46. The van der Waals surface area contributed by atoms with Crippen LogP contribution in [0.2, 0.25) is 0 Å². The number of hydrogen-bond donors (Lipinski definition) is 0. The number of benzene rings is 1. The fourth-order valence-corrected chi connectivity index (χ4v) is 1.05. The lowest BCUT2D eigenvalue weighted by molar-refractivity contribution is 1.47. The van der Waals surface area contributed by atoms with Crippen LogP contribution in [0.4, 0.5) is 0 Å². The molecule has 0 bridgehead atoms. The third kappa shape index (κ3) is 2.67. The second-order valence-corrected chi connectivity index (χ2v) is 2.52. The van der Waals surface area contributed by atoms with Crippen molar-refractivity contribution in [1.82, 2.24) is 0 Å². The average Bonchev–Trinajstić information content (AvgIpc) is 2.19. The maximum atomic E-state index is 3.95. The summed E-state index contributed by atoms with van der Waals surface area (Å²) >= 11 is 0. The summed E-state index contributed by atoms with van der Waals surface area (Å²) in [7, 11) is 1.74. The molecule has 0 saturated heterocycles. The van der Waals surface area contributed by atoms with Gasteiger partial charge in [0.2, 0.25) is 0 Å². The zero-order valence-corrected chi connectivity index (χ0v) is 7.64. The van der Waals surface area contributed by atoms with Gasteiger partial charge in [0.15, 0.2) is 0 Å². The molecule has 1 rings (SSSR count).